The first kappa shape index (κ1) is 16.1. The Hall–Kier alpha value is -2.81. The lowest BCUT2D eigenvalue weighted by atomic mass is 10.1. The Kier molecular flexibility index (Phi) is 4.02. The number of rotatable bonds is 5. The maximum Gasteiger partial charge on any atom is 0.242 e. The van der Waals surface area contributed by atoms with Crippen molar-refractivity contribution in [2.45, 2.75) is 45.6 Å². The van der Waals surface area contributed by atoms with Crippen LogP contribution in [-0.4, -0.2) is 15.7 Å². The van der Waals surface area contributed by atoms with Crippen molar-refractivity contribution in [1.29, 1.82) is 5.26 Å². The van der Waals surface area contributed by atoms with Crippen molar-refractivity contribution in [1.82, 2.24) is 9.78 Å². The van der Waals surface area contributed by atoms with Crippen LogP contribution in [0, 0.1) is 25.2 Å². The molecule has 1 aliphatic carbocycles. The Bertz CT molecular complexity index is 843. The molecule has 1 fully saturated rings. The summed E-state index contributed by atoms with van der Waals surface area (Å²) in [6.07, 6.45) is 2.15. The first-order valence-corrected chi connectivity index (χ1v) is 7.99. The van der Waals surface area contributed by atoms with Crippen molar-refractivity contribution in [3.8, 4) is 17.6 Å². The molecule has 6 heteroatoms. The molecule has 0 saturated heterocycles. The van der Waals surface area contributed by atoms with Gasteiger partial charge in [-0.15, -0.1) is 0 Å². The quantitative estimate of drug-likeness (QED) is 0.914. The molecule has 1 aromatic carbocycles. The third-order valence-electron chi connectivity index (χ3n) is 4.40. The number of primary amides is 1. The normalized spacial score (nSPS) is 14.9. The second-order valence-corrected chi connectivity index (χ2v) is 6.29. The molecule has 1 atom stereocenters. The summed E-state index contributed by atoms with van der Waals surface area (Å²) in [6, 6.07) is 6.97. The molecule has 0 spiro atoms. The highest BCUT2D eigenvalue weighted by Gasteiger charge is 2.33. The van der Waals surface area contributed by atoms with Crippen LogP contribution in [0.15, 0.2) is 18.2 Å². The largest absolute Gasteiger partial charge is 0.453 e. The molecular weight excluding hydrogens is 304 g/mol. The van der Waals surface area contributed by atoms with Crippen molar-refractivity contribution < 1.29 is 9.53 Å². The lowest BCUT2D eigenvalue weighted by molar-refractivity contribution is -0.121. The van der Waals surface area contributed by atoms with Gasteiger partial charge in [-0.1, -0.05) is 0 Å². The molecule has 1 aliphatic rings. The minimum Gasteiger partial charge on any atom is -0.453 e. The molecule has 2 aromatic rings. The molecular formula is C18H20N4O2. The van der Waals surface area contributed by atoms with E-state index >= 15 is 0 Å². The highest BCUT2D eigenvalue weighted by atomic mass is 16.5. The fraction of sp³-hybridized carbons (Fsp3) is 0.389. The van der Waals surface area contributed by atoms with E-state index in [1.165, 1.54) is 0 Å². The molecule has 1 saturated carbocycles. The second-order valence-electron chi connectivity index (χ2n) is 6.29. The van der Waals surface area contributed by atoms with Crippen LogP contribution in [0.1, 0.15) is 54.2 Å². The van der Waals surface area contributed by atoms with Crippen molar-refractivity contribution in [2.24, 2.45) is 5.73 Å². The zero-order chi connectivity index (χ0) is 17.4. The number of nitriles is 1. The standard InChI is InChI=1S/C18H20N4O2/c1-10-8-15(7-6-14(10)9-19)24-17-11(2)22(12(3)18(20)23)21-16(17)13-4-5-13/h6-8,12-13H,4-5H2,1-3H3,(H2,20,23). The van der Waals surface area contributed by atoms with Crippen LogP contribution >= 0.6 is 0 Å². The van der Waals surface area contributed by atoms with Gasteiger partial charge >= 0.3 is 0 Å². The number of hydrogen-bond acceptors (Lipinski definition) is 4. The van der Waals surface area contributed by atoms with Crippen LogP contribution in [0.3, 0.4) is 0 Å². The second kappa shape index (κ2) is 6.00. The van der Waals surface area contributed by atoms with E-state index in [0.29, 0.717) is 23.0 Å². The van der Waals surface area contributed by atoms with Gasteiger partial charge in [-0.25, -0.2) is 0 Å². The number of nitrogens with two attached hydrogens (primary N) is 1. The molecule has 0 radical (unpaired) electrons. The molecule has 6 nitrogen and oxygen atoms in total. The van der Waals surface area contributed by atoms with Crippen molar-refractivity contribution in [2.75, 3.05) is 0 Å². The Morgan fingerprint density at radius 2 is 2.17 bits per heavy atom. The smallest absolute Gasteiger partial charge is 0.242 e. The number of ether oxygens (including phenoxy) is 1. The minimum absolute atomic E-state index is 0.375. The molecule has 1 unspecified atom stereocenters. The van der Waals surface area contributed by atoms with E-state index in [9.17, 15) is 4.79 Å². The lowest BCUT2D eigenvalue weighted by Gasteiger charge is -2.11. The predicted octanol–water partition coefficient (Wildman–Crippen LogP) is 3.09. The average Bonchev–Trinajstić information content (AvgIpc) is 3.33. The van der Waals surface area contributed by atoms with Gasteiger partial charge in [0.15, 0.2) is 5.75 Å². The summed E-state index contributed by atoms with van der Waals surface area (Å²) < 4.78 is 7.73. The zero-order valence-electron chi connectivity index (χ0n) is 14.0. The number of carbonyl (C=O) groups is 1. The van der Waals surface area contributed by atoms with Gasteiger partial charge in [0.1, 0.15) is 17.5 Å². The van der Waals surface area contributed by atoms with Crippen LogP contribution in [0.4, 0.5) is 0 Å². The third kappa shape index (κ3) is 2.85. The molecule has 124 valence electrons. The molecule has 1 amide bonds. The summed E-state index contributed by atoms with van der Waals surface area (Å²) in [5.74, 6) is 1.29. The number of carbonyl (C=O) groups excluding carboxylic acids is 1. The van der Waals surface area contributed by atoms with Gasteiger partial charge in [0.2, 0.25) is 5.91 Å². The summed E-state index contributed by atoms with van der Waals surface area (Å²) in [6.45, 7) is 5.48. The van der Waals surface area contributed by atoms with Gasteiger partial charge in [-0.2, -0.15) is 10.4 Å². The summed E-state index contributed by atoms with van der Waals surface area (Å²) in [4.78, 5) is 11.5. The van der Waals surface area contributed by atoms with E-state index in [0.717, 1.165) is 29.8 Å². The topological polar surface area (TPSA) is 93.9 Å². The van der Waals surface area contributed by atoms with E-state index in [2.05, 4.69) is 11.2 Å². The molecule has 24 heavy (non-hydrogen) atoms. The number of nitrogens with zero attached hydrogens (tertiary/aromatic N) is 3. The van der Waals surface area contributed by atoms with Gasteiger partial charge in [0.05, 0.1) is 17.3 Å². The maximum absolute atomic E-state index is 11.5. The SMILES string of the molecule is Cc1cc(Oc2c(C3CC3)nn(C(C)C(N)=O)c2C)ccc1C#N. The fourth-order valence-corrected chi connectivity index (χ4v) is 2.72. The predicted molar refractivity (Wildman–Crippen MR) is 88.8 cm³/mol. The summed E-state index contributed by atoms with van der Waals surface area (Å²) in [5, 5.41) is 13.6. The van der Waals surface area contributed by atoms with Gasteiger partial charge in [0, 0.05) is 5.92 Å². The van der Waals surface area contributed by atoms with E-state index in [-0.39, 0.29) is 0 Å². The lowest BCUT2D eigenvalue weighted by Crippen LogP contribution is -2.25. The molecule has 0 bridgehead atoms. The van der Waals surface area contributed by atoms with Gasteiger partial charge < -0.3 is 10.5 Å². The van der Waals surface area contributed by atoms with Gasteiger partial charge in [0.25, 0.3) is 0 Å². The van der Waals surface area contributed by atoms with Crippen LogP contribution in [-0.2, 0) is 4.79 Å². The first-order chi connectivity index (χ1) is 11.4. The molecule has 1 heterocycles. The van der Waals surface area contributed by atoms with Crippen LogP contribution in [0.2, 0.25) is 0 Å². The molecule has 0 aliphatic heterocycles. The Morgan fingerprint density at radius 1 is 1.46 bits per heavy atom. The average molecular weight is 324 g/mol. The Balaban J connectivity index is 1.99. The maximum atomic E-state index is 11.5. The summed E-state index contributed by atoms with van der Waals surface area (Å²) >= 11 is 0. The summed E-state index contributed by atoms with van der Waals surface area (Å²) in [7, 11) is 0. The van der Waals surface area contributed by atoms with Crippen molar-refractivity contribution in [3.63, 3.8) is 0 Å². The van der Waals surface area contributed by atoms with Crippen molar-refractivity contribution >= 4 is 5.91 Å². The number of benzene rings is 1. The van der Waals surface area contributed by atoms with E-state index in [4.69, 9.17) is 15.7 Å². The molecule has 3 rings (SSSR count). The Morgan fingerprint density at radius 3 is 2.71 bits per heavy atom. The fourth-order valence-electron chi connectivity index (χ4n) is 2.72. The number of aryl methyl sites for hydroxylation is 1. The number of hydrogen-bond donors (Lipinski definition) is 1. The van der Waals surface area contributed by atoms with E-state index in [1.807, 2.05) is 19.9 Å². The zero-order valence-corrected chi connectivity index (χ0v) is 14.0. The first-order valence-electron chi connectivity index (χ1n) is 7.99. The monoisotopic (exact) mass is 324 g/mol. The van der Waals surface area contributed by atoms with E-state index in [1.54, 1.807) is 23.7 Å². The number of aromatic nitrogens is 2. The number of amides is 1. The van der Waals surface area contributed by atoms with E-state index < -0.39 is 11.9 Å². The highest BCUT2D eigenvalue weighted by Crippen LogP contribution is 2.46. The summed E-state index contributed by atoms with van der Waals surface area (Å²) in [5.41, 5.74) is 8.57. The van der Waals surface area contributed by atoms with Gasteiger partial charge in [-0.3, -0.25) is 9.48 Å². The minimum atomic E-state index is -0.525. The van der Waals surface area contributed by atoms with Crippen LogP contribution in [0.25, 0.3) is 0 Å². The Labute approximate surface area is 140 Å². The third-order valence-corrected chi connectivity index (χ3v) is 4.40. The highest BCUT2D eigenvalue weighted by molar-refractivity contribution is 5.78. The van der Waals surface area contributed by atoms with Crippen LogP contribution in [0.5, 0.6) is 11.5 Å². The van der Waals surface area contributed by atoms with Crippen LogP contribution < -0.4 is 10.5 Å². The van der Waals surface area contributed by atoms with Gasteiger partial charge in [-0.05, 0) is 57.4 Å². The van der Waals surface area contributed by atoms with Crippen molar-refractivity contribution in [3.05, 3.63) is 40.7 Å². The molecule has 1 aromatic heterocycles. The molecule has 2 N–H and O–H groups in total.